The second-order valence-corrected chi connectivity index (χ2v) is 4.84. The first-order chi connectivity index (χ1) is 7.25. The molecule has 0 unspecified atom stereocenters. The molecule has 2 N–H and O–H groups in total. The second kappa shape index (κ2) is 4.67. The van der Waals surface area contributed by atoms with Crippen molar-refractivity contribution in [3.8, 4) is 0 Å². The number of nitrogens with zero attached hydrogens (tertiary/aromatic N) is 2. The predicted octanol–water partition coefficient (Wildman–Crippen LogP) is 0.785. The summed E-state index contributed by atoms with van der Waals surface area (Å²) in [5.41, 5.74) is 0. The fraction of sp³-hybridized carbons (Fsp3) is 0.667. The Morgan fingerprint density at radius 2 is 2.47 bits per heavy atom. The third kappa shape index (κ3) is 2.73. The van der Waals surface area contributed by atoms with Crippen LogP contribution in [0.1, 0.15) is 17.8 Å². The standard InChI is InChI=1S/C9H14N4OS/c1-6-12-13-9(15-6)11-8(14)7-3-2-4-10-5-7/h7,10H,2-5H2,1H3,(H,11,13,14)/t7-/m0/s1. The Hall–Kier alpha value is -1.01. The van der Waals surface area contributed by atoms with Gasteiger partial charge in [-0.25, -0.2) is 0 Å². The molecule has 1 aliphatic rings. The number of hydrogen-bond donors (Lipinski definition) is 2. The molecule has 1 aliphatic heterocycles. The highest BCUT2D eigenvalue weighted by Gasteiger charge is 2.21. The summed E-state index contributed by atoms with van der Waals surface area (Å²) in [4.78, 5) is 11.8. The van der Waals surface area contributed by atoms with Gasteiger partial charge >= 0.3 is 0 Å². The van der Waals surface area contributed by atoms with E-state index in [2.05, 4.69) is 20.8 Å². The molecule has 0 spiro atoms. The maximum absolute atomic E-state index is 11.8. The molecule has 6 heteroatoms. The molecule has 0 aliphatic carbocycles. The number of rotatable bonds is 2. The van der Waals surface area contributed by atoms with Gasteiger partial charge in [0.15, 0.2) is 0 Å². The summed E-state index contributed by atoms with van der Waals surface area (Å²) >= 11 is 1.41. The van der Waals surface area contributed by atoms with Gasteiger partial charge in [0.25, 0.3) is 0 Å². The fourth-order valence-electron chi connectivity index (χ4n) is 1.63. The molecule has 2 heterocycles. The largest absolute Gasteiger partial charge is 0.316 e. The van der Waals surface area contributed by atoms with Gasteiger partial charge in [0.05, 0.1) is 5.92 Å². The van der Waals surface area contributed by atoms with Gasteiger partial charge in [-0.3, -0.25) is 4.79 Å². The lowest BCUT2D eigenvalue weighted by Gasteiger charge is -2.20. The monoisotopic (exact) mass is 226 g/mol. The second-order valence-electron chi connectivity index (χ2n) is 3.66. The summed E-state index contributed by atoms with van der Waals surface area (Å²) < 4.78 is 0. The van der Waals surface area contributed by atoms with Crippen molar-refractivity contribution < 1.29 is 4.79 Å². The van der Waals surface area contributed by atoms with Crippen LogP contribution in [0.4, 0.5) is 5.13 Å². The molecule has 1 fully saturated rings. The van der Waals surface area contributed by atoms with Gasteiger partial charge in [-0.1, -0.05) is 11.3 Å². The van der Waals surface area contributed by atoms with Crippen LogP contribution in [0.2, 0.25) is 0 Å². The molecule has 0 radical (unpaired) electrons. The van der Waals surface area contributed by atoms with Crippen molar-refractivity contribution in [2.75, 3.05) is 18.4 Å². The Bertz CT molecular complexity index is 346. The molecule has 0 bridgehead atoms. The van der Waals surface area contributed by atoms with E-state index in [1.165, 1.54) is 11.3 Å². The average Bonchev–Trinajstić information content (AvgIpc) is 2.65. The number of piperidine rings is 1. The number of amides is 1. The van der Waals surface area contributed by atoms with Crippen LogP contribution < -0.4 is 10.6 Å². The van der Waals surface area contributed by atoms with Crippen LogP contribution in [0.3, 0.4) is 0 Å². The smallest absolute Gasteiger partial charge is 0.230 e. The molecule has 1 aromatic heterocycles. The molecule has 82 valence electrons. The first-order valence-corrected chi connectivity index (χ1v) is 5.89. The van der Waals surface area contributed by atoms with Gasteiger partial charge in [-0.15, -0.1) is 10.2 Å². The Morgan fingerprint density at radius 3 is 3.07 bits per heavy atom. The van der Waals surface area contributed by atoms with Crippen LogP contribution in [0, 0.1) is 12.8 Å². The third-order valence-corrected chi connectivity index (χ3v) is 3.18. The molecule has 5 nitrogen and oxygen atoms in total. The van der Waals surface area contributed by atoms with Crippen LogP contribution in [-0.2, 0) is 4.79 Å². The summed E-state index contributed by atoms with van der Waals surface area (Å²) in [6.45, 7) is 3.65. The van der Waals surface area contributed by atoms with Gasteiger partial charge in [0, 0.05) is 6.54 Å². The minimum absolute atomic E-state index is 0.0540. The number of anilines is 1. The molecular formula is C9H14N4OS. The lowest BCUT2D eigenvalue weighted by atomic mass is 9.99. The van der Waals surface area contributed by atoms with Gasteiger partial charge in [0.1, 0.15) is 5.01 Å². The van der Waals surface area contributed by atoms with E-state index in [1.807, 2.05) is 6.92 Å². The van der Waals surface area contributed by atoms with Crippen LogP contribution in [0.25, 0.3) is 0 Å². The zero-order valence-electron chi connectivity index (χ0n) is 8.62. The molecule has 1 aromatic rings. The maximum Gasteiger partial charge on any atom is 0.230 e. The highest BCUT2D eigenvalue weighted by Crippen LogP contribution is 2.17. The molecule has 1 atom stereocenters. The number of aromatic nitrogens is 2. The molecule has 0 aromatic carbocycles. The number of carbonyl (C=O) groups excluding carboxylic acids is 1. The van der Waals surface area contributed by atoms with E-state index in [-0.39, 0.29) is 11.8 Å². The van der Waals surface area contributed by atoms with Crippen molar-refractivity contribution in [1.29, 1.82) is 0 Å². The zero-order chi connectivity index (χ0) is 10.7. The lowest BCUT2D eigenvalue weighted by Crippen LogP contribution is -2.37. The number of aryl methyl sites for hydroxylation is 1. The van der Waals surface area contributed by atoms with Crippen molar-refractivity contribution in [2.45, 2.75) is 19.8 Å². The van der Waals surface area contributed by atoms with Crippen LogP contribution in [0.15, 0.2) is 0 Å². The van der Waals surface area contributed by atoms with Crippen LogP contribution in [-0.4, -0.2) is 29.2 Å². The van der Waals surface area contributed by atoms with Gasteiger partial charge in [0.2, 0.25) is 11.0 Å². The van der Waals surface area contributed by atoms with Gasteiger partial charge in [-0.2, -0.15) is 0 Å². The van der Waals surface area contributed by atoms with E-state index in [4.69, 9.17) is 0 Å². The Morgan fingerprint density at radius 1 is 1.60 bits per heavy atom. The fourth-order valence-corrected chi connectivity index (χ4v) is 2.22. The predicted molar refractivity (Wildman–Crippen MR) is 58.9 cm³/mol. The van der Waals surface area contributed by atoms with Gasteiger partial charge < -0.3 is 10.6 Å². The topological polar surface area (TPSA) is 66.9 Å². The number of carbonyl (C=O) groups is 1. The summed E-state index contributed by atoms with van der Waals surface area (Å²) in [6.07, 6.45) is 2.02. The van der Waals surface area contributed by atoms with Crippen molar-refractivity contribution >= 4 is 22.4 Å². The third-order valence-electron chi connectivity index (χ3n) is 2.42. The lowest BCUT2D eigenvalue weighted by molar-refractivity contribution is -0.120. The number of nitrogens with one attached hydrogen (secondary N) is 2. The quantitative estimate of drug-likeness (QED) is 0.782. The Balaban J connectivity index is 1.91. The van der Waals surface area contributed by atoms with E-state index >= 15 is 0 Å². The minimum Gasteiger partial charge on any atom is -0.316 e. The average molecular weight is 226 g/mol. The number of hydrogen-bond acceptors (Lipinski definition) is 5. The summed E-state index contributed by atoms with van der Waals surface area (Å²) in [7, 11) is 0. The Kier molecular flexibility index (Phi) is 3.27. The van der Waals surface area contributed by atoms with E-state index in [9.17, 15) is 4.79 Å². The van der Waals surface area contributed by atoms with E-state index in [1.54, 1.807) is 0 Å². The summed E-state index contributed by atoms with van der Waals surface area (Å²) in [6, 6.07) is 0. The maximum atomic E-state index is 11.8. The van der Waals surface area contributed by atoms with Crippen LogP contribution >= 0.6 is 11.3 Å². The van der Waals surface area contributed by atoms with E-state index in [0.717, 1.165) is 30.9 Å². The first-order valence-electron chi connectivity index (χ1n) is 5.07. The zero-order valence-corrected chi connectivity index (χ0v) is 9.43. The van der Waals surface area contributed by atoms with Gasteiger partial charge in [-0.05, 0) is 26.3 Å². The summed E-state index contributed by atoms with van der Waals surface area (Å²) in [5, 5.41) is 15.2. The first kappa shape index (κ1) is 10.5. The molecule has 1 amide bonds. The SMILES string of the molecule is Cc1nnc(NC(=O)[C@H]2CCCNC2)s1. The molecule has 1 saturated heterocycles. The van der Waals surface area contributed by atoms with Crippen molar-refractivity contribution in [1.82, 2.24) is 15.5 Å². The highest BCUT2D eigenvalue weighted by molar-refractivity contribution is 7.15. The van der Waals surface area contributed by atoms with Crippen molar-refractivity contribution in [3.05, 3.63) is 5.01 Å². The highest BCUT2D eigenvalue weighted by atomic mass is 32.1. The van der Waals surface area contributed by atoms with E-state index < -0.39 is 0 Å². The van der Waals surface area contributed by atoms with Crippen molar-refractivity contribution in [2.24, 2.45) is 5.92 Å². The Labute approximate surface area is 92.3 Å². The van der Waals surface area contributed by atoms with Crippen molar-refractivity contribution in [3.63, 3.8) is 0 Å². The summed E-state index contributed by atoms with van der Waals surface area (Å²) in [5.74, 6) is 0.126. The van der Waals surface area contributed by atoms with E-state index in [0.29, 0.717) is 5.13 Å². The minimum atomic E-state index is 0.0540. The molecule has 0 saturated carbocycles. The molecular weight excluding hydrogens is 212 g/mol. The molecule has 15 heavy (non-hydrogen) atoms. The normalized spacial score (nSPS) is 21.3. The van der Waals surface area contributed by atoms with Crippen LogP contribution in [0.5, 0.6) is 0 Å². The molecule has 2 rings (SSSR count).